The van der Waals surface area contributed by atoms with Crippen molar-refractivity contribution in [1.29, 1.82) is 0 Å². The summed E-state index contributed by atoms with van der Waals surface area (Å²) in [6.45, 7) is 4.39. The normalized spacial score (nSPS) is 19.8. The number of rotatable bonds is 12. The quantitative estimate of drug-likeness (QED) is 0.297. The van der Waals surface area contributed by atoms with Crippen LogP contribution in [0.2, 0.25) is 0 Å². The average Bonchev–Trinajstić information content (AvgIpc) is 3.06. The van der Waals surface area contributed by atoms with Crippen LogP contribution in [0.25, 0.3) is 0 Å². The summed E-state index contributed by atoms with van der Waals surface area (Å²) in [4.78, 5) is 29.3. The fourth-order valence-corrected chi connectivity index (χ4v) is 5.93. The number of benzene rings is 3. The Morgan fingerprint density at radius 1 is 1.00 bits per heavy atom. The largest absolute Gasteiger partial charge is 0.488 e. The van der Waals surface area contributed by atoms with E-state index in [4.69, 9.17) is 23.7 Å². The second kappa shape index (κ2) is 14.8. The highest BCUT2D eigenvalue weighted by molar-refractivity contribution is 5.97. The fraction of sp³-hybridized carbons (Fsp3) is 0.429. The summed E-state index contributed by atoms with van der Waals surface area (Å²) in [5.41, 5.74) is 3.75. The fourth-order valence-electron chi connectivity index (χ4n) is 5.93. The molecule has 3 aromatic rings. The summed E-state index contributed by atoms with van der Waals surface area (Å²) >= 11 is 0. The van der Waals surface area contributed by atoms with Gasteiger partial charge in [0.15, 0.2) is 6.61 Å². The zero-order valence-electron chi connectivity index (χ0n) is 25.7. The molecule has 6 rings (SSSR count). The molecule has 10 nitrogen and oxygen atoms in total. The van der Waals surface area contributed by atoms with Gasteiger partial charge in [-0.1, -0.05) is 48.5 Å². The SMILES string of the molecule is COCCCN1C(=O)COc2ccc(COC3CN(C(=O)OCc4ccccc4)CCC3c3ccc(OC4CNC4)cc3)cc21. The average molecular weight is 616 g/mol. The molecule has 45 heavy (non-hydrogen) atoms. The summed E-state index contributed by atoms with van der Waals surface area (Å²) in [7, 11) is 1.66. The Kier molecular flexibility index (Phi) is 10.1. The van der Waals surface area contributed by atoms with Crippen molar-refractivity contribution in [2.24, 2.45) is 0 Å². The van der Waals surface area contributed by atoms with Gasteiger partial charge in [-0.2, -0.15) is 0 Å². The summed E-state index contributed by atoms with van der Waals surface area (Å²) in [5, 5.41) is 3.23. The molecule has 3 aromatic carbocycles. The predicted octanol–water partition coefficient (Wildman–Crippen LogP) is 4.51. The molecule has 0 radical (unpaired) electrons. The molecule has 0 spiro atoms. The number of carbonyl (C=O) groups excluding carboxylic acids is 2. The highest BCUT2D eigenvalue weighted by atomic mass is 16.6. The lowest BCUT2D eigenvalue weighted by atomic mass is 9.87. The molecule has 0 bridgehead atoms. The van der Waals surface area contributed by atoms with Crippen molar-refractivity contribution in [1.82, 2.24) is 10.2 Å². The third kappa shape index (κ3) is 7.76. The molecule has 0 aliphatic carbocycles. The minimum atomic E-state index is -0.347. The number of piperidine rings is 1. The van der Waals surface area contributed by atoms with Gasteiger partial charge in [0.05, 0.1) is 24.9 Å². The topological polar surface area (TPSA) is 98.8 Å². The molecule has 2 fully saturated rings. The zero-order valence-corrected chi connectivity index (χ0v) is 25.7. The molecule has 238 valence electrons. The Hall–Kier alpha value is -4.12. The maximum Gasteiger partial charge on any atom is 0.410 e. The molecule has 1 N–H and O–H groups in total. The van der Waals surface area contributed by atoms with Crippen LogP contribution >= 0.6 is 0 Å². The molecule has 3 aliphatic heterocycles. The van der Waals surface area contributed by atoms with Crippen LogP contribution in [-0.2, 0) is 32.2 Å². The zero-order chi connectivity index (χ0) is 31.0. The van der Waals surface area contributed by atoms with Crippen molar-refractivity contribution >= 4 is 17.7 Å². The van der Waals surface area contributed by atoms with E-state index in [1.807, 2.05) is 60.7 Å². The van der Waals surface area contributed by atoms with E-state index in [2.05, 4.69) is 17.4 Å². The van der Waals surface area contributed by atoms with Gasteiger partial charge >= 0.3 is 6.09 Å². The van der Waals surface area contributed by atoms with Crippen LogP contribution in [0.15, 0.2) is 72.8 Å². The maximum absolute atomic E-state index is 13.1. The molecule has 3 heterocycles. The highest BCUT2D eigenvalue weighted by Gasteiger charge is 2.34. The molecule has 3 aliphatic rings. The van der Waals surface area contributed by atoms with Gasteiger partial charge in [-0.15, -0.1) is 0 Å². The molecule has 0 aromatic heterocycles. The molecule has 0 saturated carbocycles. The van der Waals surface area contributed by atoms with Gasteiger partial charge in [0.1, 0.15) is 24.2 Å². The number of anilines is 1. The third-order valence-electron chi connectivity index (χ3n) is 8.54. The highest BCUT2D eigenvalue weighted by Crippen LogP contribution is 2.35. The molecule has 2 amide bonds. The first-order valence-corrected chi connectivity index (χ1v) is 15.7. The monoisotopic (exact) mass is 615 g/mol. The standard InChI is InChI=1S/C35H41N3O7/c1-41-17-5-15-38-31-18-26(8-13-32(31)43-24-34(38)39)23-42-33-21-37(35(40)44-22-25-6-3-2-4-7-25)16-14-30(33)27-9-11-28(12-10-27)45-29-19-36-20-29/h2-4,6-13,18,29-30,33,36H,5,14-17,19-24H2,1H3. The van der Waals surface area contributed by atoms with Crippen molar-refractivity contribution in [3.05, 3.63) is 89.5 Å². The van der Waals surface area contributed by atoms with Crippen LogP contribution in [0.1, 0.15) is 35.4 Å². The smallest absolute Gasteiger partial charge is 0.410 e. The van der Waals surface area contributed by atoms with Gasteiger partial charge in [0.2, 0.25) is 0 Å². The Morgan fingerprint density at radius 3 is 2.58 bits per heavy atom. The number of methoxy groups -OCH3 is 1. The molecule has 2 atom stereocenters. The molecule has 2 unspecified atom stereocenters. The predicted molar refractivity (Wildman–Crippen MR) is 169 cm³/mol. The molecular weight excluding hydrogens is 574 g/mol. The number of amides is 2. The molecule has 2 saturated heterocycles. The van der Waals surface area contributed by atoms with Crippen molar-refractivity contribution in [2.75, 3.05) is 57.9 Å². The number of hydrogen-bond donors (Lipinski definition) is 1. The summed E-state index contributed by atoms with van der Waals surface area (Å²) in [6.07, 6.45) is 1.06. The molecular formula is C35H41N3O7. The van der Waals surface area contributed by atoms with E-state index in [-0.39, 0.29) is 43.3 Å². The Labute approximate surface area is 264 Å². The van der Waals surface area contributed by atoms with Crippen molar-refractivity contribution in [3.8, 4) is 11.5 Å². The number of nitrogens with one attached hydrogen (secondary N) is 1. The number of ether oxygens (including phenoxy) is 5. The van der Waals surface area contributed by atoms with Crippen molar-refractivity contribution in [3.63, 3.8) is 0 Å². The van der Waals surface area contributed by atoms with Crippen LogP contribution in [0.3, 0.4) is 0 Å². The number of carbonyl (C=O) groups is 2. The van der Waals surface area contributed by atoms with E-state index >= 15 is 0 Å². The number of likely N-dealkylation sites (tertiary alicyclic amines) is 1. The van der Waals surface area contributed by atoms with Crippen LogP contribution in [-0.4, -0.2) is 82.2 Å². The van der Waals surface area contributed by atoms with Crippen molar-refractivity contribution in [2.45, 2.75) is 44.2 Å². The summed E-state index contributed by atoms with van der Waals surface area (Å²) < 4.78 is 29.2. The summed E-state index contributed by atoms with van der Waals surface area (Å²) in [5.74, 6) is 1.54. The second-order valence-corrected chi connectivity index (χ2v) is 11.7. The Bertz CT molecular complexity index is 1430. The van der Waals surface area contributed by atoms with Gasteiger partial charge < -0.3 is 38.8 Å². The number of fused-ring (bicyclic) bond motifs is 1. The van der Waals surface area contributed by atoms with Gasteiger partial charge in [-0.05, 0) is 53.8 Å². The summed E-state index contributed by atoms with van der Waals surface area (Å²) in [6, 6.07) is 23.7. The van der Waals surface area contributed by atoms with Gasteiger partial charge in [0, 0.05) is 45.8 Å². The van der Waals surface area contributed by atoms with E-state index in [0.29, 0.717) is 38.6 Å². The first kappa shape index (κ1) is 30.9. The van der Waals surface area contributed by atoms with Gasteiger partial charge in [-0.3, -0.25) is 4.79 Å². The lowest BCUT2D eigenvalue weighted by Gasteiger charge is -2.38. The second-order valence-electron chi connectivity index (χ2n) is 11.7. The van der Waals surface area contributed by atoms with E-state index in [1.54, 1.807) is 16.9 Å². The molecule has 10 heteroatoms. The number of hydrogen-bond acceptors (Lipinski definition) is 8. The maximum atomic E-state index is 13.1. The Morgan fingerprint density at radius 2 is 1.82 bits per heavy atom. The van der Waals surface area contributed by atoms with E-state index in [1.165, 1.54) is 0 Å². The minimum absolute atomic E-state index is 0.0250. The minimum Gasteiger partial charge on any atom is -0.488 e. The van der Waals surface area contributed by atoms with E-state index < -0.39 is 0 Å². The Balaban J connectivity index is 1.15. The lowest BCUT2D eigenvalue weighted by molar-refractivity contribution is -0.121. The van der Waals surface area contributed by atoms with Gasteiger partial charge in [-0.25, -0.2) is 4.79 Å². The van der Waals surface area contributed by atoms with Gasteiger partial charge in [0.25, 0.3) is 5.91 Å². The van der Waals surface area contributed by atoms with Crippen molar-refractivity contribution < 1.29 is 33.3 Å². The number of nitrogens with zero attached hydrogens (tertiary/aromatic N) is 2. The van der Waals surface area contributed by atoms with Crippen LogP contribution < -0.4 is 19.7 Å². The third-order valence-corrected chi connectivity index (χ3v) is 8.54. The van der Waals surface area contributed by atoms with Crippen LogP contribution in [0, 0.1) is 0 Å². The lowest BCUT2D eigenvalue weighted by Crippen LogP contribution is -2.50. The van der Waals surface area contributed by atoms with Crippen LogP contribution in [0.4, 0.5) is 10.5 Å². The first-order valence-electron chi connectivity index (χ1n) is 15.7. The van der Waals surface area contributed by atoms with E-state index in [0.717, 1.165) is 54.1 Å². The van der Waals surface area contributed by atoms with E-state index in [9.17, 15) is 9.59 Å². The van der Waals surface area contributed by atoms with Crippen LogP contribution in [0.5, 0.6) is 11.5 Å². The first-order chi connectivity index (χ1) is 22.1.